The van der Waals surface area contributed by atoms with Crippen molar-refractivity contribution in [3.8, 4) is 5.75 Å². The molecular weight excluding hydrogens is 396 g/mol. The second kappa shape index (κ2) is 13.6. The molecule has 0 aromatic heterocycles. The number of benzene rings is 1. The lowest BCUT2D eigenvalue weighted by molar-refractivity contribution is 0.306. The Kier molecular flexibility index (Phi) is 13.0. The van der Waals surface area contributed by atoms with Gasteiger partial charge in [0.15, 0.2) is 5.96 Å². The van der Waals surface area contributed by atoms with Gasteiger partial charge in [-0.3, -0.25) is 4.99 Å². The van der Waals surface area contributed by atoms with E-state index >= 15 is 0 Å². The first kappa shape index (κ1) is 20.9. The Morgan fingerprint density at radius 1 is 1.14 bits per heavy atom. The van der Waals surface area contributed by atoms with Gasteiger partial charge in [0, 0.05) is 19.6 Å². The van der Waals surface area contributed by atoms with Crippen molar-refractivity contribution >= 4 is 29.9 Å². The number of halogens is 2. The van der Waals surface area contributed by atoms with Gasteiger partial charge < -0.3 is 15.4 Å². The van der Waals surface area contributed by atoms with Crippen molar-refractivity contribution in [2.75, 3.05) is 26.2 Å². The number of ether oxygens (including phenoxy) is 1. The lowest BCUT2D eigenvalue weighted by Gasteiger charge is -2.11. The number of nitrogens with one attached hydrogen (secondary N) is 2. The van der Waals surface area contributed by atoms with E-state index in [1.54, 1.807) is 12.1 Å². The Balaban J connectivity index is 0.00000441. The summed E-state index contributed by atoms with van der Waals surface area (Å²) in [5, 5.41) is 6.51. The van der Waals surface area contributed by atoms with Crippen LogP contribution in [0.5, 0.6) is 5.75 Å². The molecule has 0 fully saturated rings. The molecule has 0 saturated heterocycles. The Hall–Kier alpha value is -1.05. The van der Waals surface area contributed by atoms with Crippen molar-refractivity contribution in [3.63, 3.8) is 0 Å². The molecule has 4 nitrogen and oxygen atoms in total. The molecule has 6 heteroatoms. The molecule has 126 valence electrons. The largest absolute Gasteiger partial charge is 0.494 e. The Morgan fingerprint density at radius 3 is 2.50 bits per heavy atom. The Morgan fingerprint density at radius 2 is 1.86 bits per heavy atom. The second-order valence-electron chi connectivity index (χ2n) is 4.70. The maximum atomic E-state index is 12.7. The minimum Gasteiger partial charge on any atom is -0.494 e. The van der Waals surface area contributed by atoms with E-state index < -0.39 is 0 Å². The molecule has 0 amide bonds. The molecule has 22 heavy (non-hydrogen) atoms. The maximum Gasteiger partial charge on any atom is 0.191 e. The lowest BCUT2D eigenvalue weighted by atomic mass is 10.3. The standard InChI is InChI=1S/C16H26FN3O.HI/c1-3-11-19-16(18-4-2)20-12-5-6-13-21-15-9-7-14(17)8-10-15;/h7-10H,3-6,11-13H2,1-2H3,(H2,18,19,20);1H. The Labute approximate surface area is 149 Å². The SMILES string of the molecule is CCCN=C(NCC)NCCCCOc1ccc(F)cc1.I. The zero-order valence-corrected chi connectivity index (χ0v) is 15.7. The fraction of sp³-hybridized carbons (Fsp3) is 0.562. The van der Waals surface area contributed by atoms with Gasteiger partial charge in [0.1, 0.15) is 11.6 Å². The Bertz CT molecular complexity index is 412. The topological polar surface area (TPSA) is 45.7 Å². The highest BCUT2D eigenvalue weighted by molar-refractivity contribution is 14.0. The average molecular weight is 423 g/mol. The average Bonchev–Trinajstić information content (AvgIpc) is 2.50. The monoisotopic (exact) mass is 423 g/mol. The van der Waals surface area contributed by atoms with Gasteiger partial charge in [0.25, 0.3) is 0 Å². The van der Waals surface area contributed by atoms with Crippen LogP contribution in [0.3, 0.4) is 0 Å². The summed E-state index contributed by atoms with van der Waals surface area (Å²) in [5.41, 5.74) is 0. The van der Waals surface area contributed by atoms with E-state index in [9.17, 15) is 4.39 Å². The van der Waals surface area contributed by atoms with Crippen LogP contribution in [-0.2, 0) is 0 Å². The first-order chi connectivity index (χ1) is 10.3. The molecule has 1 rings (SSSR count). The normalized spacial score (nSPS) is 10.8. The van der Waals surface area contributed by atoms with Crippen molar-refractivity contribution < 1.29 is 9.13 Å². The number of aliphatic imine (C=N–C) groups is 1. The summed E-state index contributed by atoms with van der Waals surface area (Å²) >= 11 is 0. The van der Waals surface area contributed by atoms with Crippen LogP contribution in [0.25, 0.3) is 0 Å². The highest BCUT2D eigenvalue weighted by atomic mass is 127. The first-order valence-electron chi connectivity index (χ1n) is 7.66. The van der Waals surface area contributed by atoms with E-state index in [2.05, 4.69) is 29.5 Å². The van der Waals surface area contributed by atoms with E-state index in [4.69, 9.17) is 4.74 Å². The van der Waals surface area contributed by atoms with Crippen molar-refractivity contribution in [3.05, 3.63) is 30.1 Å². The quantitative estimate of drug-likeness (QED) is 0.276. The summed E-state index contributed by atoms with van der Waals surface area (Å²) in [5.74, 6) is 1.34. The third-order valence-corrected chi connectivity index (χ3v) is 2.78. The molecule has 0 unspecified atom stereocenters. The molecule has 0 spiro atoms. The van der Waals surface area contributed by atoms with Crippen LogP contribution >= 0.6 is 24.0 Å². The maximum absolute atomic E-state index is 12.7. The molecule has 1 aromatic carbocycles. The molecule has 0 saturated carbocycles. The van der Waals surface area contributed by atoms with Crippen LogP contribution < -0.4 is 15.4 Å². The van der Waals surface area contributed by atoms with E-state index in [1.807, 2.05) is 0 Å². The molecular formula is C16H27FIN3O. The fourth-order valence-corrected chi connectivity index (χ4v) is 1.72. The third-order valence-electron chi connectivity index (χ3n) is 2.78. The predicted molar refractivity (Wildman–Crippen MR) is 101 cm³/mol. The smallest absolute Gasteiger partial charge is 0.191 e. The molecule has 0 heterocycles. The first-order valence-corrected chi connectivity index (χ1v) is 7.66. The van der Waals surface area contributed by atoms with Gasteiger partial charge in [-0.2, -0.15) is 0 Å². The minimum atomic E-state index is -0.242. The van der Waals surface area contributed by atoms with Crippen LogP contribution in [0, 0.1) is 5.82 Å². The summed E-state index contributed by atoms with van der Waals surface area (Å²) in [7, 11) is 0. The lowest BCUT2D eigenvalue weighted by Crippen LogP contribution is -2.37. The van der Waals surface area contributed by atoms with Gasteiger partial charge >= 0.3 is 0 Å². The van der Waals surface area contributed by atoms with Crippen molar-refractivity contribution in [2.24, 2.45) is 4.99 Å². The van der Waals surface area contributed by atoms with E-state index in [1.165, 1.54) is 12.1 Å². The number of hydrogen-bond donors (Lipinski definition) is 2. The molecule has 0 radical (unpaired) electrons. The van der Waals surface area contributed by atoms with Gasteiger partial charge in [0.05, 0.1) is 6.61 Å². The molecule has 0 aliphatic carbocycles. The molecule has 2 N–H and O–H groups in total. The summed E-state index contributed by atoms with van der Waals surface area (Å²) in [6.45, 7) is 7.37. The molecule has 0 aliphatic rings. The van der Waals surface area contributed by atoms with Crippen molar-refractivity contribution in [1.82, 2.24) is 10.6 Å². The van der Waals surface area contributed by atoms with Crippen molar-refractivity contribution in [2.45, 2.75) is 33.1 Å². The second-order valence-corrected chi connectivity index (χ2v) is 4.70. The van der Waals surface area contributed by atoms with E-state index in [-0.39, 0.29) is 29.8 Å². The zero-order valence-electron chi connectivity index (χ0n) is 13.4. The highest BCUT2D eigenvalue weighted by Crippen LogP contribution is 2.11. The minimum absolute atomic E-state index is 0. The third kappa shape index (κ3) is 9.81. The summed E-state index contributed by atoms with van der Waals surface area (Å²) in [6.07, 6.45) is 2.98. The van der Waals surface area contributed by atoms with Crippen LogP contribution in [0.2, 0.25) is 0 Å². The van der Waals surface area contributed by atoms with Gasteiger partial charge in [-0.05, 0) is 50.5 Å². The van der Waals surface area contributed by atoms with Gasteiger partial charge in [-0.25, -0.2) is 4.39 Å². The molecule has 0 bridgehead atoms. The number of unbranched alkanes of at least 4 members (excludes halogenated alkanes) is 1. The predicted octanol–water partition coefficient (Wildman–Crippen LogP) is 3.57. The van der Waals surface area contributed by atoms with Crippen LogP contribution in [0.15, 0.2) is 29.3 Å². The summed E-state index contributed by atoms with van der Waals surface area (Å²) < 4.78 is 18.3. The fourth-order valence-electron chi connectivity index (χ4n) is 1.72. The number of guanidine groups is 1. The zero-order chi connectivity index (χ0) is 15.3. The van der Waals surface area contributed by atoms with E-state index in [0.29, 0.717) is 12.4 Å². The van der Waals surface area contributed by atoms with Crippen molar-refractivity contribution in [1.29, 1.82) is 0 Å². The van der Waals surface area contributed by atoms with E-state index in [0.717, 1.165) is 44.9 Å². The molecule has 0 aliphatic heterocycles. The number of nitrogens with zero attached hydrogens (tertiary/aromatic N) is 1. The summed E-state index contributed by atoms with van der Waals surface area (Å²) in [4.78, 5) is 4.43. The van der Waals surface area contributed by atoms with Crippen LogP contribution in [0.4, 0.5) is 4.39 Å². The highest BCUT2D eigenvalue weighted by Gasteiger charge is 1.97. The van der Waals surface area contributed by atoms with Gasteiger partial charge in [0.2, 0.25) is 0 Å². The van der Waals surface area contributed by atoms with Gasteiger partial charge in [-0.1, -0.05) is 6.92 Å². The molecule has 0 atom stereocenters. The van der Waals surface area contributed by atoms with Crippen LogP contribution in [0.1, 0.15) is 33.1 Å². The molecule has 1 aromatic rings. The summed E-state index contributed by atoms with van der Waals surface area (Å²) in [6, 6.07) is 6.11. The van der Waals surface area contributed by atoms with Gasteiger partial charge in [-0.15, -0.1) is 24.0 Å². The number of rotatable bonds is 9. The van der Waals surface area contributed by atoms with Crippen LogP contribution in [-0.4, -0.2) is 32.2 Å². The number of hydrogen-bond acceptors (Lipinski definition) is 2.